The number of hydrogen-bond donors (Lipinski definition) is 2. The average Bonchev–Trinajstić information content (AvgIpc) is 3.34. The summed E-state index contributed by atoms with van der Waals surface area (Å²) >= 11 is 1.03. The normalized spacial score (nSPS) is 15.8. The molecule has 2 N–H and O–H groups in total. The van der Waals surface area contributed by atoms with Crippen molar-refractivity contribution in [1.29, 1.82) is 0 Å². The van der Waals surface area contributed by atoms with E-state index in [-0.39, 0.29) is 24.0 Å². The van der Waals surface area contributed by atoms with E-state index in [2.05, 4.69) is 20.6 Å². The second-order valence-electron chi connectivity index (χ2n) is 6.84. The number of thiazole rings is 1. The van der Waals surface area contributed by atoms with E-state index in [1.807, 2.05) is 12.1 Å². The molecule has 1 fully saturated rings. The van der Waals surface area contributed by atoms with Crippen molar-refractivity contribution in [3.63, 3.8) is 0 Å². The summed E-state index contributed by atoms with van der Waals surface area (Å²) in [6.45, 7) is 1.05. The fourth-order valence-corrected chi connectivity index (χ4v) is 3.97. The molecule has 1 saturated carbocycles. The van der Waals surface area contributed by atoms with E-state index in [1.165, 1.54) is 19.3 Å². The van der Waals surface area contributed by atoms with E-state index < -0.39 is 11.9 Å². The minimum Gasteiger partial charge on any atom is -0.469 e. The molecule has 2 aromatic heterocycles. The van der Waals surface area contributed by atoms with Crippen LogP contribution in [0, 0.1) is 0 Å². The number of rotatable bonds is 7. The Hall–Kier alpha value is -1.30. The van der Waals surface area contributed by atoms with E-state index in [1.54, 1.807) is 6.26 Å². The third kappa shape index (κ3) is 8.15. The standard InChI is InChI=1S/C19H25F3N4OS.HI/c20-19(21,22)16-13-28-17(26-16)9-11-24-18(25-14-5-2-1-3-6-14)23-10-8-15-7-4-12-27-15;/h4,7,12-14H,1-3,5-6,8-11H2,(H2,23,24,25);1H. The molecule has 2 heterocycles. The summed E-state index contributed by atoms with van der Waals surface area (Å²) in [6.07, 6.45) is 4.28. The number of nitrogens with zero attached hydrogens (tertiary/aromatic N) is 2. The van der Waals surface area contributed by atoms with Crippen molar-refractivity contribution in [1.82, 2.24) is 15.6 Å². The molecule has 0 unspecified atom stereocenters. The van der Waals surface area contributed by atoms with Crippen molar-refractivity contribution in [2.45, 2.75) is 57.2 Å². The van der Waals surface area contributed by atoms with Crippen molar-refractivity contribution in [2.75, 3.05) is 13.1 Å². The smallest absolute Gasteiger partial charge is 0.434 e. The predicted molar refractivity (Wildman–Crippen MR) is 119 cm³/mol. The van der Waals surface area contributed by atoms with Gasteiger partial charge in [-0.3, -0.25) is 4.99 Å². The van der Waals surface area contributed by atoms with Gasteiger partial charge in [0.15, 0.2) is 11.7 Å². The van der Waals surface area contributed by atoms with E-state index >= 15 is 0 Å². The molecule has 162 valence electrons. The molecule has 0 aliphatic heterocycles. The quantitative estimate of drug-likeness (QED) is 0.293. The van der Waals surface area contributed by atoms with Crippen LogP contribution in [-0.4, -0.2) is 30.1 Å². The molecule has 3 rings (SSSR count). The number of alkyl halides is 3. The van der Waals surface area contributed by atoms with Crippen LogP contribution in [0.5, 0.6) is 0 Å². The van der Waals surface area contributed by atoms with Crippen LogP contribution in [0.15, 0.2) is 33.2 Å². The Kier molecular flexibility index (Phi) is 9.73. The fourth-order valence-electron chi connectivity index (χ4n) is 3.17. The van der Waals surface area contributed by atoms with Gasteiger partial charge < -0.3 is 15.1 Å². The Morgan fingerprint density at radius 3 is 2.69 bits per heavy atom. The Labute approximate surface area is 189 Å². The topological polar surface area (TPSA) is 62.5 Å². The van der Waals surface area contributed by atoms with Crippen LogP contribution >= 0.6 is 35.3 Å². The van der Waals surface area contributed by atoms with E-state index in [9.17, 15) is 13.2 Å². The maximum absolute atomic E-state index is 12.7. The first-order valence-corrected chi connectivity index (χ1v) is 10.5. The molecule has 5 nitrogen and oxygen atoms in total. The van der Waals surface area contributed by atoms with Crippen molar-refractivity contribution in [3.05, 3.63) is 40.2 Å². The van der Waals surface area contributed by atoms with Crippen LogP contribution < -0.4 is 10.6 Å². The summed E-state index contributed by atoms with van der Waals surface area (Å²) in [7, 11) is 0. The van der Waals surface area contributed by atoms with Crippen molar-refractivity contribution >= 4 is 41.3 Å². The Morgan fingerprint density at radius 2 is 2.03 bits per heavy atom. The van der Waals surface area contributed by atoms with Crippen LogP contribution in [0.1, 0.15) is 48.6 Å². The van der Waals surface area contributed by atoms with Crippen molar-refractivity contribution in [3.8, 4) is 0 Å². The lowest BCUT2D eigenvalue weighted by Gasteiger charge is -2.25. The SMILES string of the molecule is FC(F)(F)c1csc(CCN=C(NCCc2ccco2)NC2CCCCC2)n1.I. The van der Waals surface area contributed by atoms with E-state index in [4.69, 9.17) is 4.42 Å². The zero-order valence-corrected chi connectivity index (χ0v) is 19.2. The lowest BCUT2D eigenvalue weighted by atomic mass is 9.96. The van der Waals surface area contributed by atoms with Crippen LogP contribution in [-0.2, 0) is 19.0 Å². The maximum Gasteiger partial charge on any atom is 0.434 e. The number of hydrogen-bond acceptors (Lipinski definition) is 4. The summed E-state index contributed by atoms with van der Waals surface area (Å²) in [5.74, 6) is 1.60. The molecule has 10 heteroatoms. The van der Waals surface area contributed by atoms with Gasteiger partial charge >= 0.3 is 6.18 Å². The molecule has 0 amide bonds. The van der Waals surface area contributed by atoms with Gasteiger partial charge in [0, 0.05) is 37.4 Å². The van der Waals surface area contributed by atoms with Crippen LogP contribution in [0.3, 0.4) is 0 Å². The zero-order valence-electron chi connectivity index (χ0n) is 16.0. The number of aromatic nitrogens is 1. The van der Waals surface area contributed by atoms with Gasteiger partial charge in [-0.1, -0.05) is 19.3 Å². The molecule has 0 aromatic carbocycles. The summed E-state index contributed by atoms with van der Waals surface area (Å²) in [6, 6.07) is 4.17. The molecule has 2 aromatic rings. The highest BCUT2D eigenvalue weighted by Gasteiger charge is 2.33. The minimum atomic E-state index is -4.39. The molecule has 0 atom stereocenters. The monoisotopic (exact) mass is 542 g/mol. The average molecular weight is 542 g/mol. The highest BCUT2D eigenvalue weighted by molar-refractivity contribution is 14.0. The Bertz CT molecular complexity index is 743. The van der Waals surface area contributed by atoms with Gasteiger partial charge in [0.2, 0.25) is 0 Å². The van der Waals surface area contributed by atoms with Crippen molar-refractivity contribution in [2.24, 2.45) is 4.99 Å². The van der Waals surface area contributed by atoms with Gasteiger partial charge in [-0.2, -0.15) is 13.2 Å². The molecule has 0 radical (unpaired) electrons. The van der Waals surface area contributed by atoms with Gasteiger partial charge in [-0.15, -0.1) is 35.3 Å². The van der Waals surface area contributed by atoms with Gasteiger partial charge in [0.25, 0.3) is 0 Å². The third-order valence-electron chi connectivity index (χ3n) is 4.63. The minimum absolute atomic E-state index is 0. The first kappa shape index (κ1) is 24.0. The molecular weight excluding hydrogens is 516 g/mol. The van der Waals surface area contributed by atoms with E-state index in [0.717, 1.165) is 41.7 Å². The molecule has 0 spiro atoms. The van der Waals surface area contributed by atoms with Crippen LogP contribution in [0.4, 0.5) is 13.2 Å². The molecule has 1 aliphatic rings. The van der Waals surface area contributed by atoms with Crippen molar-refractivity contribution < 1.29 is 17.6 Å². The number of nitrogens with one attached hydrogen (secondary N) is 2. The summed E-state index contributed by atoms with van der Waals surface area (Å²) in [5, 5.41) is 8.27. The lowest BCUT2D eigenvalue weighted by molar-refractivity contribution is -0.140. The van der Waals surface area contributed by atoms with Crippen LogP contribution in [0.25, 0.3) is 0 Å². The largest absolute Gasteiger partial charge is 0.469 e. The van der Waals surface area contributed by atoms with Gasteiger partial charge in [0.05, 0.1) is 11.3 Å². The Morgan fingerprint density at radius 1 is 1.24 bits per heavy atom. The second kappa shape index (κ2) is 11.8. The fraction of sp³-hybridized carbons (Fsp3) is 0.579. The van der Waals surface area contributed by atoms with Gasteiger partial charge in [-0.05, 0) is 25.0 Å². The lowest BCUT2D eigenvalue weighted by Crippen LogP contribution is -2.45. The predicted octanol–water partition coefficient (Wildman–Crippen LogP) is 5.03. The highest BCUT2D eigenvalue weighted by atomic mass is 127. The van der Waals surface area contributed by atoms with E-state index in [0.29, 0.717) is 36.5 Å². The first-order chi connectivity index (χ1) is 13.5. The second-order valence-corrected chi connectivity index (χ2v) is 7.78. The Balaban J connectivity index is 0.00000300. The number of halogens is 4. The highest BCUT2D eigenvalue weighted by Crippen LogP contribution is 2.30. The zero-order chi connectivity index (χ0) is 19.8. The number of guanidine groups is 1. The molecule has 0 bridgehead atoms. The maximum atomic E-state index is 12.7. The van der Waals surface area contributed by atoms with Gasteiger partial charge in [0.1, 0.15) is 5.76 Å². The van der Waals surface area contributed by atoms with Gasteiger partial charge in [-0.25, -0.2) is 4.98 Å². The summed E-state index contributed by atoms with van der Waals surface area (Å²) < 4.78 is 43.3. The molecule has 1 aliphatic carbocycles. The molecular formula is C19H26F3IN4OS. The third-order valence-corrected chi connectivity index (χ3v) is 5.54. The molecule has 29 heavy (non-hydrogen) atoms. The number of aliphatic imine (C=N–C) groups is 1. The van der Waals surface area contributed by atoms with Crippen LogP contribution in [0.2, 0.25) is 0 Å². The first-order valence-electron chi connectivity index (χ1n) is 9.59. The molecule has 0 saturated heterocycles. The number of furan rings is 1. The summed E-state index contributed by atoms with van der Waals surface area (Å²) in [5.41, 5.74) is -0.825. The summed E-state index contributed by atoms with van der Waals surface area (Å²) in [4.78, 5) is 8.21.